The maximum atomic E-state index is 13.3. The Hall–Kier alpha value is -1.29. The van der Waals surface area contributed by atoms with E-state index in [0.717, 1.165) is 12.1 Å². The summed E-state index contributed by atoms with van der Waals surface area (Å²) >= 11 is 0. The zero-order valence-electron chi connectivity index (χ0n) is 9.17. The van der Waals surface area contributed by atoms with Gasteiger partial charge in [0, 0.05) is 24.9 Å². The zero-order valence-corrected chi connectivity index (χ0v) is 9.17. The summed E-state index contributed by atoms with van der Waals surface area (Å²) < 4.78 is 25.9. The van der Waals surface area contributed by atoms with Crippen molar-refractivity contribution < 1.29 is 13.6 Å². The molecule has 0 spiro atoms. The number of hydrogen-bond acceptors (Lipinski definition) is 2. The van der Waals surface area contributed by atoms with E-state index in [1.165, 1.54) is 6.07 Å². The van der Waals surface area contributed by atoms with E-state index < -0.39 is 11.6 Å². The van der Waals surface area contributed by atoms with Gasteiger partial charge in [0.05, 0.1) is 0 Å². The summed E-state index contributed by atoms with van der Waals surface area (Å²) in [6.07, 6.45) is 0.611. The van der Waals surface area contributed by atoms with E-state index in [2.05, 4.69) is 0 Å². The molecule has 0 aliphatic carbocycles. The minimum Gasteiger partial charge on any atom is -0.330 e. The zero-order chi connectivity index (χ0) is 12.1. The largest absolute Gasteiger partial charge is 0.330 e. The van der Waals surface area contributed by atoms with Gasteiger partial charge in [0.2, 0.25) is 0 Å². The monoisotopic (exact) mass is 227 g/mol. The molecular formula is C12H15F2NO. The van der Waals surface area contributed by atoms with Gasteiger partial charge in [0.1, 0.15) is 17.4 Å². The highest BCUT2D eigenvalue weighted by atomic mass is 19.1. The highest BCUT2D eigenvalue weighted by Gasteiger charge is 2.16. The first kappa shape index (κ1) is 12.8. The first-order valence-electron chi connectivity index (χ1n) is 5.25. The Kier molecular flexibility index (Phi) is 4.55. The maximum Gasteiger partial charge on any atom is 0.141 e. The van der Waals surface area contributed by atoms with Crippen molar-refractivity contribution in [2.24, 2.45) is 11.7 Å². The molecule has 4 heteroatoms. The lowest BCUT2D eigenvalue weighted by Gasteiger charge is -2.11. The van der Waals surface area contributed by atoms with Crippen LogP contribution in [-0.4, -0.2) is 12.3 Å². The van der Waals surface area contributed by atoms with Crippen LogP contribution in [0.4, 0.5) is 8.78 Å². The Morgan fingerprint density at radius 2 is 2.12 bits per heavy atom. The van der Waals surface area contributed by atoms with E-state index in [0.29, 0.717) is 6.42 Å². The van der Waals surface area contributed by atoms with Gasteiger partial charge < -0.3 is 5.73 Å². The molecule has 0 amide bonds. The van der Waals surface area contributed by atoms with Gasteiger partial charge in [-0.2, -0.15) is 0 Å². The van der Waals surface area contributed by atoms with Crippen molar-refractivity contribution in [3.05, 3.63) is 35.4 Å². The molecule has 2 N–H and O–H groups in total. The Morgan fingerprint density at radius 3 is 2.62 bits per heavy atom. The summed E-state index contributed by atoms with van der Waals surface area (Å²) in [7, 11) is 0. The molecule has 0 radical (unpaired) electrons. The fourth-order valence-corrected chi connectivity index (χ4v) is 1.52. The molecule has 0 aliphatic rings. The number of benzene rings is 1. The molecule has 0 heterocycles. The molecule has 0 fully saturated rings. The summed E-state index contributed by atoms with van der Waals surface area (Å²) in [4.78, 5) is 11.7. The van der Waals surface area contributed by atoms with Crippen LogP contribution in [0, 0.1) is 17.6 Å². The minimum absolute atomic E-state index is 0.0260. The third-order valence-electron chi connectivity index (χ3n) is 2.61. The van der Waals surface area contributed by atoms with E-state index in [1.807, 2.05) is 6.92 Å². The number of nitrogens with two attached hydrogens (primary N) is 1. The predicted octanol–water partition coefficient (Wildman–Crippen LogP) is 2.06. The Labute approximate surface area is 93.5 Å². The lowest BCUT2D eigenvalue weighted by atomic mass is 9.95. The fraction of sp³-hybridized carbons (Fsp3) is 0.417. The quantitative estimate of drug-likeness (QED) is 0.836. The van der Waals surface area contributed by atoms with Gasteiger partial charge in [-0.05, 0) is 18.1 Å². The first-order valence-corrected chi connectivity index (χ1v) is 5.25. The summed E-state index contributed by atoms with van der Waals surface area (Å²) in [6, 6.07) is 3.23. The van der Waals surface area contributed by atoms with Gasteiger partial charge in [-0.1, -0.05) is 13.0 Å². The maximum absolute atomic E-state index is 13.3. The fourth-order valence-electron chi connectivity index (χ4n) is 1.52. The van der Waals surface area contributed by atoms with Crippen LogP contribution < -0.4 is 5.73 Å². The van der Waals surface area contributed by atoms with E-state index >= 15 is 0 Å². The molecule has 2 nitrogen and oxygen atoms in total. The number of rotatable bonds is 5. The summed E-state index contributed by atoms with van der Waals surface area (Å²) in [5.74, 6) is -1.67. The molecule has 0 saturated carbocycles. The number of carbonyl (C=O) groups excluding carboxylic acids is 1. The third kappa shape index (κ3) is 3.10. The van der Waals surface area contributed by atoms with E-state index in [1.54, 1.807) is 0 Å². The normalized spacial score (nSPS) is 12.5. The van der Waals surface area contributed by atoms with Gasteiger partial charge in [0.25, 0.3) is 0 Å². The average molecular weight is 227 g/mol. The van der Waals surface area contributed by atoms with Gasteiger partial charge in [-0.25, -0.2) is 8.78 Å². The molecule has 1 aromatic rings. The summed E-state index contributed by atoms with van der Waals surface area (Å²) in [6.45, 7) is 2.12. The lowest BCUT2D eigenvalue weighted by Crippen LogP contribution is -2.24. The average Bonchev–Trinajstić information content (AvgIpc) is 2.24. The van der Waals surface area contributed by atoms with E-state index in [4.69, 9.17) is 5.73 Å². The Balaban J connectivity index is 2.76. The molecule has 88 valence electrons. The Morgan fingerprint density at radius 1 is 1.44 bits per heavy atom. The van der Waals surface area contributed by atoms with Crippen LogP contribution in [-0.2, 0) is 11.2 Å². The molecule has 1 atom stereocenters. The second-order valence-corrected chi connectivity index (χ2v) is 3.72. The van der Waals surface area contributed by atoms with Crippen molar-refractivity contribution in [1.82, 2.24) is 0 Å². The smallest absolute Gasteiger partial charge is 0.141 e. The first-order chi connectivity index (χ1) is 7.58. The van der Waals surface area contributed by atoms with Crippen LogP contribution in [0.2, 0.25) is 0 Å². The molecular weight excluding hydrogens is 212 g/mol. The second kappa shape index (κ2) is 5.70. The molecule has 1 aromatic carbocycles. The topological polar surface area (TPSA) is 43.1 Å². The van der Waals surface area contributed by atoms with Gasteiger partial charge >= 0.3 is 0 Å². The van der Waals surface area contributed by atoms with Gasteiger partial charge in [-0.3, -0.25) is 4.79 Å². The van der Waals surface area contributed by atoms with Gasteiger partial charge in [0.15, 0.2) is 0 Å². The minimum atomic E-state index is -0.680. The van der Waals surface area contributed by atoms with Crippen LogP contribution in [0.15, 0.2) is 18.2 Å². The SMILES string of the molecule is CCC(CN)C(=O)Cc1ccc(F)cc1F. The summed E-state index contributed by atoms with van der Waals surface area (Å²) in [5.41, 5.74) is 5.65. The highest BCUT2D eigenvalue weighted by Crippen LogP contribution is 2.13. The van der Waals surface area contributed by atoms with Gasteiger partial charge in [-0.15, -0.1) is 0 Å². The van der Waals surface area contributed by atoms with Crippen LogP contribution in [0.25, 0.3) is 0 Å². The third-order valence-corrected chi connectivity index (χ3v) is 2.61. The highest BCUT2D eigenvalue weighted by molar-refractivity contribution is 5.83. The standard InChI is InChI=1S/C12H15F2NO/c1-2-8(7-15)12(16)5-9-3-4-10(13)6-11(9)14/h3-4,6,8H,2,5,7,15H2,1H3. The lowest BCUT2D eigenvalue weighted by molar-refractivity contribution is -0.122. The summed E-state index contributed by atoms with van der Waals surface area (Å²) in [5, 5.41) is 0. The van der Waals surface area contributed by atoms with Crippen LogP contribution in [0.1, 0.15) is 18.9 Å². The van der Waals surface area contributed by atoms with Crippen molar-refractivity contribution in [2.75, 3.05) is 6.54 Å². The number of Topliss-reactive ketones (excluding diaryl/α,β-unsaturated/α-hetero) is 1. The molecule has 1 rings (SSSR count). The molecule has 0 aliphatic heterocycles. The molecule has 0 bridgehead atoms. The number of hydrogen-bond donors (Lipinski definition) is 1. The van der Waals surface area contributed by atoms with Crippen molar-refractivity contribution in [3.63, 3.8) is 0 Å². The Bertz CT molecular complexity index is 375. The molecule has 16 heavy (non-hydrogen) atoms. The van der Waals surface area contributed by atoms with Crippen molar-refractivity contribution in [2.45, 2.75) is 19.8 Å². The van der Waals surface area contributed by atoms with E-state index in [9.17, 15) is 13.6 Å². The molecule has 0 saturated heterocycles. The van der Waals surface area contributed by atoms with E-state index in [-0.39, 0.29) is 30.2 Å². The van der Waals surface area contributed by atoms with Crippen molar-refractivity contribution in [1.29, 1.82) is 0 Å². The number of halogens is 2. The van der Waals surface area contributed by atoms with Crippen LogP contribution >= 0.6 is 0 Å². The van der Waals surface area contributed by atoms with Crippen molar-refractivity contribution in [3.8, 4) is 0 Å². The van der Waals surface area contributed by atoms with Crippen molar-refractivity contribution >= 4 is 5.78 Å². The van der Waals surface area contributed by atoms with Crippen LogP contribution in [0.5, 0.6) is 0 Å². The second-order valence-electron chi connectivity index (χ2n) is 3.72. The number of ketones is 1. The molecule has 0 aromatic heterocycles. The van der Waals surface area contributed by atoms with Crippen LogP contribution in [0.3, 0.4) is 0 Å². The molecule has 1 unspecified atom stereocenters. The predicted molar refractivity (Wildman–Crippen MR) is 57.9 cm³/mol. The number of carbonyl (C=O) groups is 1.